The molecular formula is C18H29N3O3. The van der Waals surface area contributed by atoms with Crippen LogP contribution in [0.1, 0.15) is 19.3 Å². The highest BCUT2D eigenvalue weighted by Crippen LogP contribution is 2.34. The van der Waals surface area contributed by atoms with Gasteiger partial charge in [-0.25, -0.2) is 4.98 Å². The van der Waals surface area contributed by atoms with E-state index in [0.29, 0.717) is 5.92 Å². The fourth-order valence-electron chi connectivity index (χ4n) is 4.39. The molecule has 4 rings (SSSR count). The first-order chi connectivity index (χ1) is 11.8. The minimum atomic E-state index is -0.118. The minimum Gasteiger partial charge on any atom is -0.381 e. The van der Waals surface area contributed by atoms with Crippen LogP contribution in [0.2, 0.25) is 0 Å². The molecule has 24 heavy (non-hydrogen) atoms. The van der Waals surface area contributed by atoms with Gasteiger partial charge < -0.3 is 18.8 Å². The highest BCUT2D eigenvalue weighted by molar-refractivity contribution is 4.94. The Balaban J connectivity index is 1.35. The molecule has 1 spiro atoms. The average Bonchev–Trinajstić information content (AvgIpc) is 3.19. The molecule has 3 fully saturated rings. The van der Waals surface area contributed by atoms with Crippen LogP contribution >= 0.6 is 0 Å². The zero-order chi connectivity index (χ0) is 16.2. The summed E-state index contributed by atoms with van der Waals surface area (Å²) in [4.78, 5) is 6.71. The monoisotopic (exact) mass is 335 g/mol. The zero-order valence-electron chi connectivity index (χ0n) is 14.4. The number of hydrogen-bond acceptors (Lipinski definition) is 5. The molecule has 0 saturated carbocycles. The van der Waals surface area contributed by atoms with E-state index in [0.717, 1.165) is 71.6 Å². The van der Waals surface area contributed by atoms with Crippen molar-refractivity contribution < 1.29 is 14.2 Å². The lowest BCUT2D eigenvalue weighted by Crippen LogP contribution is -2.46. The van der Waals surface area contributed by atoms with E-state index >= 15 is 0 Å². The van der Waals surface area contributed by atoms with Crippen molar-refractivity contribution in [1.29, 1.82) is 0 Å². The molecule has 0 amide bonds. The first-order valence-corrected chi connectivity index (χ1v) is 9.29. The van der Waals surface area contributed by atoms with Crippen LogP contribution in [0.5, 0.6) is 0 Å². The Bertz CT molecular complexity index is 504. The Morgan fingerprint density at radius 3 is 2.83 bits per heavy atom. The summed E-state index contributed by atoms with van der Waals surface area (Å²) in [6, 6.07) is 0. The summed E-state index contributed by atoms with van der Waals surface area (Å²) in [5.74, 6) is 1.31. The summed E-state index contributed by atoms with van der Waals surface area (Å²) in [7, 11) is 0. The summed E-state index contributed by atoms with van der Waals surface area (Å²) >= 11 is 0. The third-order valence-electron chi connectivity index (χ3n) is 5.60. The molecule has 3 aliphatic heterocycles. The second kappa shape index (κ2) is 7.52. The van der Waals surface area contributed by atoms with Crippen LogP contribution < -0.4 is 0 Å². The van der Waals surface area contributed by atoms with E-state index in [1.807, 2.05) is 18.7 Å². The molecule has 1 aromatic rings. The van der Waals surface area contributed by atoms with Crippen LogP contribution in [0.3, 0.4) is 0 Å². The van der Waals surface area contributed by atoms with E-state index in [1.165, 1.54) is 12.8 Å². The van der Waals surface area contributed by atoms with Crippen LogP contribution in [0.15, 0.2) is 18.7 Å². The Morgan fingerprint density at radius 1 is 1.08 bits per heavy atom. The van der Waals surface area contributed by atoms with Crippen LogP contribution in [0.4, 0.5) is 0 Å². The molecular weight excluding hydrogens is 306 g/mol. The SMILES string of the molecule is c1cn(CC2COC3(COCCN(CC4CCOCC4)C3)C2)cn1. The highest BCUT2D eigenvalue weighted by atomic mass is 16.5. The van der Waals surface area contributed by atoms with Crippen molar-refractivity contribution in [2.75, 3.05) is 52.7 Å². The summed E-state index contributed by atoms with van der Waals surface area (Å²) in [5.41, 5.74) is -0.118. The molecule has 6 heteroatoms. The summed E-state index contributed by atoms with van der Waals surface area (Å²) in [6.45, 7) is 8.39. The van der Waals surface area contributed by atoms with Gasteiger partial charge in [-0.3, -0.25) is 4.90 Å². The molecule has 3 aliphatic rings. The lowest BCUT2D eigenvalue weighted by Gasteiger charge is -2.34. The van der Waals surface area contributed by atoms with Gasteiger partial charge in [-0.1, -0.05) is 0 Å². The maximum atomic E-state index is 6.32. The smallest absolute Gasteiger partial charge is 0.104 e. The first-order valence-electron chi connectivity index (χ1n) is 9.29. The Labute approximate surface area is 144 Å². The number of nitrogens with zero attached hydrogens (tertiary/aromatic N) is 3. The molecule has 0 radical (unpaired) electrons. The molecule has 3 saturated heterocycles. The second-order valence-electron chi connectivity index (χ2n) is 7.67. The van der Waals surface area contributed by atoms with Gasteiger partial charge in [0.2, 0.25) is 0 Å². The molecule has 134 valence electrons. The molecule has 4 heterocycles. The minimum absolute atomic E-state index is 0.118. The van der Waals surface area contributed by atoms with Crippen LogP contribution in [-0.4, -0.2) is 72.7 Å². The summed E-state index contributed by atoms with van der Waals surface area (Å²) < 4.78 is 19.9. The van der Waals surface area contributed by atoms with Gasteiger partial charge in [0, 0.05) is 57.7 Å². The third-order valence-corrected chi connectivity index (χ3v) is 5.60. The third kappa shape index (κ3) is 3.99. The molecule has 0 aliphatic carbocycles. The van der Waals surface area contributed by atoms with E-state index in [2.05, 4.69) is 14.5 Å². The average molecular weight is 335 g/mol. The first kappa shape index (κ1) is 16.5. The fraction of sp³-hybridized carbons (Fsp3) is 0.833. The van der Waals surface area contributed by atoms with Gasteiger partial charge in [0.1, 0.15) is 5.60 Å². The van der Waals surface area contributed by atoms with Crippen molar-refractivity contribution in [3.63, 3.8) is 0 Å². The predicted octanol–water partition coefficient (Wildman–Crippen LogP) is 1.42. The van der Waals surface area contributed by atoms with Crippen LogP contribution in [0.25, 0.3) is 0 Å². The zero-order valence-corrected chi connectivity index (χ0v) is 14.4. The van der Waals surface area contributed by atoms with Gasteiger partial charge in [-0.05, 0) is 25.2 Å². The van der Waals surface area contributed by atoms with Gasteiger partial charge in [0.15, 0.2) is 0 Å². The Kier molecular flexibility index (Phi) is 5.17. The van der Waals surface area contributed by atoms with Gasteiger partial charge in [-0.2, -0.15) is 0 Å². The number of imidazole rings is 1. The van der Waals surface area contributed by atoms with E-state index in [4.69, 9.17) is 14.2 Å². The Morgan fingerprint density at radius 2 is 2.00 bits per heavy atom. The fourth-order valence-corrected chi connectivity index (χ4v) is 4.39. The molecule has 6 nitrogen and oxygen atoms in total. The predicted molar refractivity (Wildman–Crippen MR) is 89.8 cm³/mol. The normalized spacial score (nSPS) is 33.1. The van der Waals surface area contributed by atoms with Crippen molar-refractivity contribution in [3.05, 3.63) is 18.7 Å². The van der Waals surface area contributed by atoms with Gasteiger partial charge >= 0.3 is 0 Å². The van der Waals surface area contributed by atoms with E-state index < -0.39 is 0 Å². The van der Waals surface area contributed by atoms with Gasteiger partial charge in [0.25, 0.3) is 0 Å². The molecule has 2 unspecified atom stereocenters. The van der Waals surface area contributed by atoms with E-state index in [-0.39, 0.29) is 5.60 Å². The maximum Gasteiger partial charge on any atom is 0.104 e. The van der Waals surface area contributed by atoms with E-state index in [1.54, 1.807) is 0 Å². The summed E-state index contributed by atoms with van der Waals surface area (Å²) in [5, 5.41) is 0. The van der Waals surface area contributed by atoms with E-state index in [9.17, 15) is 0 Å². The number of aromatic nitrogens is 2. The molecule has 0 aromatic carbocycles. The van der Waals surface area contributed by atoms with Crippen molar-refractivity contribution in [2.45, 2.75) is 31.4 Å². The maximum absolute atomic E-state index is 6.32. The van der Waals surface area contributed by atoms with Gasteiger partial charge in [0.05, 0.1) is 26.1 Å². The largest absolute Gasteiger partial charge is 0.381 e. The van der Waals surface area contributed by atoms with Crippen LogP contribution in [-0.2, 0) is 20.8 Å². The van der Waals surface area contributed by atoms with Crippen molar-refractivity contribution in [3.8, 4) is 0 Å². The quantitative estimate of drug-likeness (QED) is 0.833. The highest BCUT2D eigenvalue weighted by Gasteiger charge is 2.43. The molecule has 0 bridgehead atoms. The summed E-state index contributed by atoms with van der Waals surface area (Å²) in [6.07, 6.45) is 9.23. The molecule has 1 aromatic heterocycles. The Hall–Kier alpha value is -0.950. The number of hydrogen-bond donors (Lipinski definition) is 0. The van der Waals surface area contributed by atoms with Crippen molar-refractivity contribution >= 4 is 0 Å². The molecule has 2 atom stereocenters. The second-order valence-corrected chi connectivity index (χ2v) is 7.67. The molecule has 0 N–H and O–H groups in total. The van der Waals surface area contributed by atoms with Crippen molar-refractivity contribution in [2.24, 2.45) is 11.8 Å². The van der Waals surface area contributed by atoms with Crippen molar-refractivity contribution in [1.82, 2.24) is 14.5 Å². The lowest BCUT2D eigenvalue weighted by atomic mass is 9.93. The standard InChI is InChI=1S/C18H29N3O3/c1-6-22-7-2-16(1)10-20-5-8-23-14-18(13-20)9-17(12-24-18)11-21-4-3-19-15-21/h3-4,15-17H,1-2,5-14H2. The van der Waals surface area contributed by atoms with Gasteiger partial charge in [-0.15, -0.1) is 0 Å². The lowest BCUT2D eigenvalue weighted by molar-refractivity contribution is -0.0576. The topological polar surface area (TPSA) is 48.8 Å². The number of ether oxygens (including phenoxy) is 3. The number of rotatable bonds is 4. The van der Waals surface area contributed by atoms with Crippen LogP contribution in [0, 0.1) is 11.8 Å².